The minimum Gasteiger partial charge on any atom is -0.101 e. The van der Waals surface area contributed by atoms with Crippen LogP contribution in [0.4, 0.5) is 0 Å². The number of halogens is 4. The highest BCUT2D eigenvalue weighted by molar-refractivity contribution is 6.52. The molecule has 0 unspecified atom stereocenters. The molecule has 0 aromatic carbocycles. The van der Waals surface area contributed by atoms with E-state index in [9.17, 15) is 0 Å². The van der Waals surface area contributed by atoms with E-state index in [0.717, 1.165) is 0 Å². The van der Waals surface area contributed by atoms with E-state index in [4.69, 9.17) is 46.4 Å². The lowest BCUT2D eigenvalue weighted by molar-refractivity contribution is 0.845. The van der Waals surface area contributed by atoms with Crippen molar-refractivity contribution in [2.45, 2.75) is 17.2 Å². The van der Waals surface area contributed by atoms with Crippen molar-refractivity contribution in [3.63, 3.8) is 0 Å². The lowest BCUT2D eigenvalue weighted by Crippen LogP contribution is -2.05. The van der Waals surface area contributed by atoms with Gasteiger partial charge in [0.1, 0.15) is 4.33 Å². The topological polar surface area (TPSA) is 0 Å². The lowest BCUT2D eigenvalue weighted by Gasteiger charge is -2.08. The predicted octanol–water partition coefficient (Wildman–Crippen LogP) is 3.64. The largest absolute Gasteiger partial charge is 0.128 e. The molecule has 0 aliphatic heterocycles. The first-order valence-corrected chi connectivity index (χ1v) is 3.93. The molecule has 0 saturated carbocycles. The second kappa shape index (κ2) is 2.50. The molecule has 1 aliphatic rings. The Kier molecular flexibility index (Phi) is 2.22. The maximum atomic E-state index is 5.71. The van der Waals surface area contributed by atoms with Crippen LogP contribution in [0, 0.1) is 0 Å². The van der Waals surface area contributed by atoms with Crippen LogP contribution < -0.4 is 0 Å². The van der Waals surface area contributed by atoms with Gasteiger partial charge in [0.25, 0.3) is 0 Å². The van der Waals surface area contributed by atoms with E-state index in [1.54, 1.807) is 0 Å². The number of hydrogen-bond donors (Lipinski definition) is 0. The molecule has 0 N–H and O–H groups in total. The van der Waals surface area contributed by atoms with Crippen molar-refractivity contribution >= 4 is 46.4 Å². The van der Waals surface area contributed by atoms with Gasteiger partial charge in [-0.2, -0.15) is 0 Å². The Hall–Kier alpha value is 0.900. The maximum Gasteiger partial charge on any atom is 0.128 e. The summed E-state index contributed by atoms with van der Waals surface area (Å²) >= 11 is 22.7. The third-order valence-corrected chi connectivity index (χ3v) is 2.48. The molecule has 0 spiro atoms. The van der Waals surface area contributed by atoms with E-state index in [2.05, 4.69) is 0 Å². The summed E-state index contributed by atoms with van der Waals surface area (Å²) in [4.78, 5) is 0. The average Bonchev–Trinajstić information content (AvgIpc) is 1.79. The van der Waals surface area contributed by atoms with Gasteiger partial charge < -0.3 is 0 Å². The third kappa shape index (κ3) is 1.91. The van der Waals surface area contributed by atoms with Gasteiger partial charge >= 0.3 is 0 Å². The Morgan fingerprint density at radius 2 is 1.33 bits per heavy atom. The summed E-state index contributed by atoms with van der Waals surface area (Å²) in [5.74, 6) is 0. The summed E-state index contributed by atoms with van der Waals surface area (Å²) in [5.41, 5.74) is 0. The van der Waals surface area contributed by atoms with Gasteiger partial charge in [-0.1, -0.05) is 23.2 Å². The number of hydrogen-bond acceptors (Lipinski definition) is 0. The summed E-state index contributed by atoms with van der Waals surface area (Å²) in [7, 11) is 0. The molecule has 0 bridgehead atoms. The van der Waals surface area contributed by atoms with Crippen molar-refractivity contribution < 1.29 is 0 Å². The first kappa shape index (κ1) is 8.00. The molecule has 0 fully saturated rings. The van der Waals surface area contributed by atoms with Crippen molar-refractivity contribution in [3.8, 4) is 0 Å². The van der Waals surface area contributed by atoms with Crippen LogP contribution in [0.2, 0.25) is 0 Å². The fourth-order valence-corrected chi connectivity index (χ4v) is 2.11. The SMILES string of the molecule is ClC1=C(Cl)CC(Cl)(Cl)C1. The summed E-state index contributed by atoms with van der Waals surface area (Å²) in [6, 6.07) is 0. The molecule has 1 aliphatic carbocycles. The molecule has 0 radical (unpaired) electrons. The highest BCUT2D eigenvalue weighted by atomic mass is 35.5. The molecule has 0 saturated heterocycles. The smallest absolute Gasteiger partial charge is 0.101 e. The van der Waals surface area contributed by atoms with Crippen LogP contribution in [-0.2, 0) is 0 Å². The zero-order chi connectivity index (χ0) is 7.07. The summed E-state index contributed by atoms with van der Waals surface area (Å²) in [5, 5.41) is 1.17. The molecule has 0 aromatic rings. The molecule has 4 heteroatoms. The highest BCUT2D eigenvalue weighted by Crippen LogP contribution is 2.45. The van der Waals surface area contributed by atoms with Gasteiger partial charge in [0.2, 0.25) is 0 Å². The summed E-state index contributed by atoms with van der Waals surface area (Å²) in [6.45, 7) is 0. The molecule has 0 aromatic heterocycles. The van der Waals surface area contributed by atoms with Gasteiger partial charge in [0.15, 0.2) is 0 Å². The van der Waals surface area contributed by atoms with Gasteiger partial charge in [0, 0.05) is 22.9 Å². The zero-order valence-electron chi connectivity index (χ0n) is 4.43. The van der Waals surface area contributed by atoms with Crippen molar-refractivity contribution in [1.82, 2.24) is 0 Å². The average molecular weight is 206 g/mol. The van der Waals surface area contributed by atoms with E-state index in [-0.39, 0.29) is 0 Å². The Balaban J connectivity index is 2.70. The van der Waals surface area contributed by atoms with Crippen LogP contribution >= 0.6 is 46.4 Å². The number of rotatable bonds is 0. The molecule has 0 amide bonds. The van der Waals surface area contributed by atoms with Gasteiger partial charge in [-0.05, 0) is 0 Å². The highest BCUT2D eigenvalue weighted by Gasteiger charge is 2.33. The van der Waals surface area contributed by atoms with Crippen molar-refractivity contribution in [3.05, 3.63) is 10.1 Å². The first-order valence-electron chi connectivity index (χ1n) is 2.42. The van der Waals surface area contributed by atoms with E-state index in [1.807, 2.05) is 0 Å². The standard InChI is InChI=1S/C5H4Cl4/c6-3-1-5(8,9)2-4(3)7/h1-2H2. The summed E-state index contributed by atoms with van der Waals surface area (Å²) in [6.07, 6.45) is 0.938. The Bertz CT molecular complexity index is 142. The third-order valence-electron chi connectivity index (χ3n) is 1.12. The summed E-state index contributed by atoms with van der Waals surface area (Å²) < 4.78 is -0.756. The van der Waals surface area contributed by atoms with Gasteiger partial charge in [-0.25, -0.2) is 0 Å². The van der Waals surface area contributed by atoms with Crippen LogP contribution in [0.5, 0.6) is 0 Å². The van der Waals surface area contributed by atoms with Crippen LogP contribution in [0.3, 0.4) is 0 Å². The van der Waals surface area contributed by atoms with Gasteiger partial charge in [0.05, 0.1) is 0 Å². The molecular weight excluding hydrogens is 202 g/mol. The van der Waals surface area contributed by atoms with Crippen LogP contribution in [0.25, 0.3) is 0 Å². The molecular formula is C5H4Cl4. The molecule has 0 atom stereocenters. The lowest BCUT2D eigenvalue weighted by atomic mass is 10.3. The first-order chi connectivity index (χ1) is 4.01. The fourth-order valence-electron chi connectivity index (χ4n) is 0.708. The monoisotopic (exact) mass is 204 g/mol. The van der Waals surface area contributed by atoms with Crippen molar-refractivity contribution in [2.24, 2.45) is 0 Å². The maximum absolute atomic E-state index is 5.71. The minimum atomic E-state index is -0.756. The van der Waals surface area contributed by atoms with E-state index in [1.165, 1.54) is 0 Å². The van der Waals surface area contributed by atoms with Gasteiger partial charge in [-0.3, -0.25) is 0 Å². The predicted molar refractivity (Wildman–Crippen MR) is 42.4 cm³/mol. The van der Waals surface area contributed by atoms with Crippen molar-refractivity contribution in [2.75, 3.05) is 0 Å². The van der Waals surface area contributed by atoms with E-state index >= 15 is 0 Å². The second-order valence-corrected chi connectivity index (χ2v) is 4.57. The number of alkyl halides is 2. The Morgan fingerprint density at radius 1 is 1.00 bits per heavy atom. The Labute approximate surface area is 73.7 Å². The minimum absolute atomic E-state index is 0.469. The zero-order valence-corrected chi connectivity index (χ0v) is 7.45. The second-order valence-electron chi connectivity index (χ2n) is 2.02. The molecule has 0 heterocycles. The molecule has 52 valence electrons. The fraction of sp³-hybridized carbons (Fsp3) is 0.600. The van der Waals surface area contributed by atoms with E-state index in [0.29, 0.717) is 22.9 Å². The molecule has 1 rings (SSSR count). The molecule has 0 nitrogen and oxygen atoms in total. The Morgan fingerprint density at radius 3 is 1.44 bits per heavy atom. The number of allylic oxidation sites excluding steroid dienone is 2. The van der Waals surface area contributed by atoms with Crippen molar-refractivity contribution in [1.29, 1.82) is 0 Å². The van der Waals surface area contributed by atoms with Gasteiger partial charge in [-0.15, -0.1) is 23.2 Å². The molecule has 9 heavy (non-hydrogen) atoms. The van der Waals surface area contributed by atoms with Crippen LogP contribution in [0.1, 0.15) is 12.8 Å². The van der Waals surface area contributed by atoms with Crippen LogP contribution in [-0.4, -0.2) is 4.33 Å². The van der Waals surface area contributed by atoms with E-state index < -0.39 is 4.33 Å². The van der Waals surface area contributed by atoms with Crippen LogP contribution in [0.15, 0.2) is 10.1 Å². The quantitative estimate of drug-likeness (QED) is 0.530. The normalized spacial score (nSPS) is 25.3.